The van der Waals surface area contributed by atoms with Gasteiger partial charge >= 0.3 is 0 Å². The van der Waals surface area contributed by atoms with E-state index in [1.165, 1.54) is 23.5 Å². The Hall–Kier alpha value is -3.61. The Morgan fingerprint density at radius 3 is 2.42 bits per heavy atom. The molecule has 3 aromatic heterocycles. The lowest BCUT2D eigenvalue weighted by molar-refractivity contribution is -0.115. The Bertz CT molecular complexity index is 1530. The topological polar surface area (TPSA) is 118 Å². The number of hydrogen-bond acceptors (Lipinski definition) is 8. The molecule has 0 bridgehead atoms. The van der Waals surface area contributed by atoms with E-state index in [1.54, 1.807) is 28.1 Å². The van der Waals surface area contributed by atoms with Gasteiger partial charge in [0.05, 0.1) is 22.7 Å². The minimum atomic E-state index is -3.74. The second-order valence-electron chi connectivity index (χ2n) is 6.90. The molecule has 0 atom stereocenters. The van der Waals surface area contributed by atoms with E-state index >= 15 is 0 Å². The van der Waals surface area contributed by atoms with Crippen molar-refractivity contribution in [2.75, 3.05) is 10.0 Å². The van der Waals surface area contributed by atoms with E-state index in [1.807, 2.05) is 35.7 Å². The number of sulfonamides is 1. The summed E-state index contributed by atoms with van der Waals surface area (Å²) in [5, 5.41) is 10.9. The number of nitrogens with zero attached hydrogens (tertiary/aromatic N) is 4. The molecule has 3 heterocycles. The third kappa shape index (κ3) is 4.62. The summed E-state index contributed by atoms with van der Waals surface area (Å²) in [7, 11) is -3.74. The molecule has 12 heteroatoms. The zero-order chi connectivity index (χ0) is 22.8. The number of hydrogen-bond donors (Lipinski definition) is 2. The molecule has 2 N–H and O–H groups in total. The van der Waals surface area contributed by atoms with Crippen LogP contribution in [0, 0.1) is 0 Å². The van der Waals surface area contributed by atoms with Gasteiger partial charge in [-0.3, -0.25) is 14.8 Å². The Balaban J connectivity index is 1.25. The number of fused-ring (bicyclic) bond motifs is 1. The summed E-state index contributed by atoms with van der Waals surface area (Å²) in [6.45, 7) is 0. The fourth-order valence-corrected chi connectivity index (χ4v) is 5.90. The standard InChI is InChI=1S/C21H16N6O3S3/c28-18(11-15-12-31-20(22-15)26-33(29,30)16-9-5-2-6-10-16)23-19-24-21-27(25-19)17(13-32-21)14-7-3-1-4-8-14/h1-10,12-13H,11H2,(H,22,26)(H,23,25,28). The Labute approximate surface area is 196 Å². The van der Waals surface area contributed by atoms with E-state index in [9.17, 15) is 13.2 Å². The minimum Gasteiger partial charge on any atom is -0.293 e. The van der Waals surface area contributed by atoms with Crippen LogP contribution >= 0.6 is 22.7 Å². The molecule has 0 fully saturated rings. The summed E-state index contributed by atoms with van der Waals surface area (Å²) in [6.07, 6.45) is -0.0397. The molecule has 166 valence electrons. The second-order valence-corrected chi connectivity index (χ2v) is 10.3. The van der Waals surface area contributed by atoms with Crippen LogP contribution in [0.1, 0.15) is 5.69 Å². The molecule has 0 spiro atoms. The lowest BCUT2D eigenvalue weighted by Gasteiger charge is -2.04. The van der Waals surface area contributed by atoms with Crippen LogP contribution in [0.5, 0.6) is 0 Å². The number of nitrogens with one attached hydrogen (secondary N) is 2. The average molecular weight is 497 g/mol. The van der Waals surface area contributed by atoms with Crippen molar-refractivity contribution in [3.05, 3.63) is 77.1 Å². The van der Waals surface area contributed by atoms with Crippen molar-refractivity contribution in [3.63, 3.8) is 0 Å². The van der Waals surface area contributed by atoms with Crippen LogP contribution < -0.4 is 10.0 Å². The van der Waals surface area contributed by atoms with Gasteiger partial charge < -0.3 is 0 Å². The molecule has 2 aromatic carbocycles. The Kier molecular flexibility index (Phi) is 5.62. The van der Waals surface area contributed by atoms with Crippen LogP contribution in [0.3, 0.4) is 0 Å². The van der Waals surface area contributed by atoms with Gasteiger partial charge in [0.25, 0.3) is 10.0 Å². The first-order valence-corrected chi connectivity index (χ1v) is 12.9. The van der Waals surface area contributed by atoms with E-state index in [0.717, 1.165) is 22.6 Å². The van der Waals surface area contributed by atoms with Crippen molar-refractivity contribution in [1.29, 1.82) is 0 Å². The summed E-state index contributed by atoms with van der Waals surface area (Å²) >= 11 is 2.54. The molecule has 1 amide bonds. The molecule has 0 unspecified atom stereocenters. The maximum atomic E-state index is 12.5. The molecular weight excluding hydrogens is 480 g/mol. The van der Waals surface area contributed by atoms with E-state index in [4.69, 9.17) is 0 Å². The Morgan fingerprint density at radius 1 is 0.939 bits per heavy atom. The van der Waals surface area contributed by atoms with Gasteiger partial charge in [0.1, 0.15) is 0 Å². The molecule has 0 aliphatic carbocycles. The first-order valence-electron chi connectivity index (χ1n) is 9.70. The summed E-state index contributed by atoms with van der Waals surface area (Å²) < 4.78 is 29.0. The minimum absolute atomic E-state index is 0.0397. The summed E-state index contributed by atoms with van der Waals surface area (Å²) in [5.41, 5.74) is 2.33. The van der Waals surface area contributed by atoms with Gasteiger partial charge in [-0.05, 0) is 12.1 Å². The predicted octanol–water partition coefficient (Wildman–Crippen LogP) is 3.90. The van der Waals surface area contributed by atoms with Crippen molar-refractivity contribution < 1.29 is 13.2 Å². The average Bonchev–Trinajstić information content (AvgIpc) is 3.51. The molecule has 5 aromatic rings. The SMILES string of the molecule is O=C(Cc1csc(NS(=O)(=O)c2ccccc2)n1)Nc1nc2scc(-c3ccccc3)n2n1. The highest BCUT2D eigenvalue weighted by molar-refractivity contribution is 7.93. The largest absolute Gasteiger partial charge is 0.293 e. The number of anilines is 2. The van der Waals surface area contributed by atoms with Crippen LogP contribution in [0.25, 0.3) is 16.2 Å². The molecule has 9 nitrogen and oxygen atoms in total. The molecule has 0 saturated carbocycles. The number of thiazole rings is 2. The third-order valence-electron chi connectivity index (χ3n) is 4.57. The lowest BCUT2D eigenvalue weighted by atomic mass is 10.2. The van der Waals surface area contributed by atoms with Crippen LogP contribution in [0.4, 0.5) is 11.1 Å². The van der Waals surface area contributed by atoms with Crippen LogP contribution in [-0.2, 0) is 21.2 Å². The fraction of sp³-hybridized carbons (Fsp3) is 0.0476. The maximum Gasteiger partial charge on any atom is 0.263 e. The van der Waals surface area contributed by atoms with Gasteiger partial charge in [-0.1, -0.05) is 48.5 Å². The van der Waals surface area contributed by atoms with Crippen molar-refractivity contribution in [2.24, 2.45) is 0 Å². The molecule has 0 radical (unpaired) electrons. The zero-order valence-corrected chi connectivity index (χ0v) is 19.3. The molecule has 0 aliphatic rings. The van der Waals surface area contributed by atoms with Gasteiger partial charge in [-0.2, -0.15) is 4.98 Å². The van der Waals surface area contributed by atoms with Gasteiger partial charge in [0, 0.05) is 16.3 Å². The van der Waals surface area contributed by atoms with Gasteiger partial charge in [0.2, 0.25) is 16.8 Å². The highest BCUT2D eigenvalue weighted by atomic mass is 32.2. The number of amides is 1. The van der Waals surface area contributed by atoms with E-state index in [0.29, 0.717) is 10.7 Å². The highest BCUT2D eigenvalue weighted by Crippen LogP contribution is 2.26. The predicted molar refractivity (Wildman–Crippen MR) is 128 cm³/mol. The number of aromatic nitrogens is 4. The first kappa shape index (κ1) is 21.2. The molecular formula is C21H16N6O3S3. The Morgan fingerprint density at radius 2 is 1.67 bits per heavy atom. The zero-order valence-electron chi connectivity index (χ0n) is 16.9. The molecule has 33 heavy (non-hydrogen) atoms. The lowest BCUT2D eigenvalue weighted by Crippen LogP contribution is -2.16. The summed E-state index contributed by atoms with van der Waals surface area (Å²) in [6, 6.07) is 17.8. The van der Waals surface area contributed by atoms with Gasteiger partial charge in [-0.25, -0.2) is 17.9 Å². The number of carbonyl (C=O) groups excluding carboxylic acids is 1. The normalized spacial score (nSPS) is 11.5. The van der Waals surface area contributed by atoms with E-state index in [-0.39, 0.29) is 28.3 Å². The highest BCUT2D eigenvalue weighted by Gasteiger charge is 2.17. The number of carbonyl (C=O) groups is 1. The monoisotopic (exact) mass is 496 g/mol. The molecule has 0 aliphatic heterocycles. The van der Waals surface area contributed by atoms with Gasteiger partial charge in [0.15, 0.2) is 5.13 Å². The van der Waals surface area contributed by atoms with Crippen molar-refractivity contribution in [2.45, 2.75) is 11.3 Å². The summed E-state index contributed by atoms with van der Waals surface area (Å²) in [4.78, 5) is 21.9. The van der Waals surface area contributed by atoms with Crippen molar-refractivity contribution >= 4 is 54.6 Å². The molecule has 5 rings (SSSR count). The number of rotatable bonds is 7. The second kappa shape index (κ2) is 8.73. The van der Waals surface area contributed by atoms with Crippen LogP contribution in [0.2, 0.25) is 0 Å². The van der Waals surface area contributed by atoms with Crippen LogP contribution in [0.15, 0.2) is 76.3 Å². The number of benzene rings is 2. The fourth-order valence-electron chi connectivity index (χ4n) is 3.08. The van der Waals surface area contributed by atoms with E-state index in [2.05, 4.69) is 25.1 Å². The van der Waals surface area contributed by atoms with Gasteiger partial charge in [-0.15, -0.1) is 27.8 Å². The third-order valence-corrected chi connectivity index (χ3v) is 7.68. The molecule has 0 saturated heterocycles. The quantitative estimate of drug-likeness (QED) is 0.353. The van der Waals surface area contributed by atoms with Crippen LogP contribution in [-0.4, -0.2) is 33.9 Å². The van der Waals surface area contributed by atoms with Crippen molar-refractivity contribution in [3.8, 4) is 11.3 Å². The maximum absolute atomic E-state index is 12.5. The smallest absolute Gasteiger partial charge is 0.263 e. The summed E-state index contributed by atoms with van der Waals surface area (Å²) in [5.74, 6) is -0.151. The van der Waals surface area contributed by atoms with E-state index < -0.39 is 10.0 Å². The first-order chi connectivity index (χ1) is 16.0. The van der Waals surface area contributed by atoms with Crippen molar-refractivity contribution in [1.82, 2.24) is 19.6 Å².